The van der Waals surface area contributed by atoms with Gasteiger partial charge in [-0.05, 0) is 50.3 Å². The van der Waals surface area contributed by atoms with Crippen LogP contribution in [0.3, 0.4) is 0 Å². The Balaban J connectivity index is 1.66. The summed E-state index contributed by atoms with van der Waals surface area (Å²) in [5, 5.41) is 3.60. The van der Waals surface area contributed by atoms with E-state index in [1.54, 1.807) is 0 Å². The molecule has 1 saturated carbocycles. The van der Waals surface area contributed by atoms with Crippen molar-refractivity contribution in [3.63, 3.8) is 0 Å². The van der Waals surface area contributed by atoms with Gasteiger partial charge in [-0.2, -0.15) is 0 Å². The van der Waals surface area contributed by atoms with Crippen molar-refractivity contribution < 1.29 is 4.74 Å². The third-order valence-electron chi connectivity index (χ3n) is 4.16. The van der Waals surface area contributed by atoms with E-state index < -0.39 is 0 Å². The first-order valence-electron chi connectivity index (χ1n) is 6.77. The molecule has 1 aromatic carbocycles. The number of hydrogen-bond acceptors (Lipinski definition) is 2. The van der Waals surface area contributed by atoms with E-state index in [1.165, 1.54) is 19.3 Å². The minimum atomic E-state index is 0.194. The van der Waals surface area contributed by atoms with Crippen LogP contribution in [0.15, 0.2) is 24.3 Å². The molecular weight excluding hydrogens is 222 g/mol. The summed E-state index contributed by atoms with van der Waals surface area (Å²) in [5.41, 5.74) is 2.26. The third kappa shape index (κ3) is 2.23. The molecule has 0 amide bonds. The van der Waals surface area contributed by atoms with Crippen LogP contribution in [0.2, 0.25) is 0 Å². The van der Waals surface area contributed by atoms with Gasteiger partial charge in [0.2, 0.25) is 0 Å². The van der Waals surface area contributed by atoms with Gasteiger partial charge in [-0.1, -0.05) is 12.0 Å². The molecule has 1 aliphatic heterocycles. The molecule has 2 heteroatoms. The predicted octanol–water partition coefficient (Wildman–Crippen LogP) is 3.18. The Morgan fingerprint density at radius 1 is 1.39 bits per heavy atom. The van der Waals surface area contributed by atoms with Crippen LogP contribution in [0, 0.1) is 12.3 Å². The molecule has 18 heavy (non-hydrogen) atoms. The number of ether oxygens (including phenoxy) is 1. The molecular formula is C16H19NO. The molecule has 0 bridgehead atoms. The molecule has 94 valence electrons. The van der Waals surface area contributed by atoms with Crippen LogP contribution in [-0.4, -0.2) is 18.2 Å². The zero-order valence-electron chi connectivity index (χ0n) is 10.6. The topological polar surface area (TPSA) is 21.3 Å². The fourth-order valence-electron chi connectivity index (χ4n) is 3.00. The summed E-state index contributed by atoms with van der Waals surface area (Å²) in [6.07, 6.45) is 11.4. The lowest BCUT2D eigenvalue weighted by Crippen LogP contribution is -2.49. The highest BCUT2D eigenvalue weighted by Crippen LogP contribution is 2.42. The van der Waals surface area contributed by atoms with Gasteiger partial charge in [-0.25, -0.2) is 0 Å². The number of hydrogen-bond donors (Lipinski definition) is 1. The van der Waals surface area contributed by atoms with Gasteiger partial charge in [0.25, 0.3) is 0 Å². The summed E-state index contributed by atoms with van der Waals surface area (Å²) in [4.78, 5) is 0. The molecule has 1 heterocycles. The molecule has 1 saturated heterocycles. The van der Waals surface area contributed by atoms with Gasteiger partial charge in [-0.3, -0.25) is 0 Å². The van der Waals surface area contributed by atoms with Crippen molar-refractivity contribution in [2.24, 2.45) is 0 Å². The Hall–Kier alpha value is -1.46. The lowest BCUT2D eigenvalue weighted by Gasteiger charge is -2.47. The summed E-state index contributed by atoms with van der Waals surface area (Å²) in [7, 11) is 0. The standard InChI is InChI=1S/C16H19NO/c1-2-13-5-3-6-14(11-13)17-15-7-10-18-16(12-15)8-4-9-16/h1,3,5-6,11,15,17H,4,7-10,12H2. The Kier molecular flexibility index (Phi) is 3.01. The number of rotatable bonds is 2. The maximum absolute atomic E-state index is 5.94. The van der Waals surface area contributed by atoms with Crippen molar-refractivity contribution in [3.05, 3.63) is 29.8 Å². The lowest BCUT2D eigenvalue weighted by molar-refractivity contribution is -0.130. The molecule has 1 unspecified atom stereocenters. The average Bonchev–Trinajstić information content (AvgIpc) is 2.37. The predicted molar refractivity (Wildman–Crippen MR) is 73.6 cm³/mol. The van der Waals surface area contributed by atoms with Gasteiger partial charge in [0, 0.05) is 23.9 Å². The molecule has 2 aliphatic rings. The summed E-state index contributed by atoms with van der Waals surface area (Å²) >= 11 is 0. The minimum absolute atomic E-state index is 0.194. The largest absolute Gasteiger partial charge is 0.382 e. The van der Waals surface area contributed by atoms with E-state index in [0.717, 1.165) is 30.7 Å². The molecule has 0 radical (unpaired) electrons. The van der Waals surface area contributed by atoms with Gasteiger partial charge < -0.3 is 10.1 Å². The van der Waals surface area contributed by atoms with Gasteiger partial charge in [-0.15, -0.1) is 6.42 Å². The second-order valence-electron chi connectivity index (χ2n) is 5.44. The number of terminal acetylenes is 1. The highest BCUT2D eigenvalue weighted by molar-refractivity contribution is 5.50. The van der Waals surface area contributed by atoms with Crippen LogP contribution in [0.4, 0.5) is 5.69 Å². The fourth-order valence-corrected chi connectivity index (χ4v) is 3.00. The average molecular weight is 241 g/mol. The zero-order chi connectivity index (χ0) is 12.4. The quantitative estimate of drug-likeness (QED) is 0.803. The van der Waals surface area contributed by atoms with E-state index in [0.29, 0.717) is 6.04 Å². The maximum atomic E-state index is 5.94. The first-order chi connectivity index (χ1) is 8.80. The van der Waals surface area contributed by atoms with E-state index in [9.17, 15) is 0 Å². The molecule has 1 aromatic rings. The highest BCUT2D eigenvalue weighted by atomic mass is 16.5. The van der Waals surface area contributed by atoms with E-state index in [-0.39, 0.29) is 5.60 Å². The Morgan fingerprint density at radius 2 is 2.28 bits per heavy atom. The van der Waals surface area contributed by atoms with Crippen LogP contribution >= 0.6 is 0 Å². The first kappa shape index (κ1) is 11.6. The second-order valence-corrected chi connectivity index (χ2v) is 5.44. The van der Waals surface area contributed by atoms with Gasteiger partial charge in [0.1, 0.15) is 0 Å². The third-order valence-corrected chi connectivity index (χ3v) is 4.16. The van der Waals surface area contributed by atoms with E-state index >= 15 is 0 Å². The van der Waals surface area contributed by atoms with E-state index in [2.05, 4.69) is 17.3 Å². The minimum Gasteiger partial charge on any atom is -0.382 e. The van der Waals surface area contributed by atoms with Crippen LogP contribution in [0.5, 0.6) is 0 Å². The molecule has 3 rings (SSSR count). The molecule has 2 fully saturated rings. The van der Waals surface area contributed by atoms with Crippen LogP contribution < -0.4 is 5.32 Å². The SMILES string of the molecule is C#Cc1cccc(NC2CCOC3(CCC3)C2)c1. The first-order valence-corrected chi connectivity index (χ1v) is 6.77. The van der Waals surface area contributed by atoms with Crippen molar-refractivity contribution in [1.29, 1.82) is 0 Å². The number of anilines is 1. The highest BCUT2D eigenvalue weighted by Gasteiger charge is 2.42. The number of benzene rings is 1. The van der Waals surface area contributed by atoms with E-state index in [4.69, 9.17) is 11.2 Å². The lowest BCUT2D eigenvalue weighted by atomic mass is 9.74. The van der Waals surface area contributed by atoms with Crippen molar-refractivity contribution in [2.45, 2.75) is 43.7 Å². The number of nitrogens with one attached hydrogen (secondary N) is 1. The molecule has 0 aromatic heterocycles. The zero-order valence-corrected chi connectivity index (χ0v) is 10.6. The summed E-state index contributed by atoms with van der Waals surface area (Å²) in [6, 6.07) is 8.62. The van der Waals surface area contributed by atoms with Crippen molar-refractivity contribution in [1.82, 2.24) is 0 Å². The molecule has 1 aliphatic carbocycles. The molecule has 1 N–H and O–H groups in total. The van der Waals surface area contributed by atoms with Crippen molar-refractivity contribution in [3.8, 4) is 12.3 Å². The van der Waals surface area contributed by atoms with Gasteiger partial charge in [0.15, 0.2) is 0 Å². The molecule has 1 spiro atoms. The summed E-state index contributed by atoms with van der Waals surface area (Å²) in [5.74, 6) is 2.68. The summed E-state index contributed by atoms with van der Waals surface area (Å²) in [6.45, 7) is 0.881. The normalized spacial score (nSPS) is 25.2. The summed E-state index contributed by atoms with van der Waals surface area (Å²) < 4.78 is 5.94. The fraction of sp³-hybridized carbons (Fsp3) is 0.500. The smallest absolute Gasteiger partial charge is 0.0702 e. The second kappa shape index (κ2) is 4.66. The van der Waals surface area contributed by atoms with Crippen molar-refractivity contribution >= 4 is 5.69 Å². The van der Waals surface area contributed by atoms with Crippen molar-refractivity contribution in [2.75, 3.05) is 11.9 Å². The molecule has 2 nitrogen and oxygen atoms in total. The Labute approximate surface area is 109 Å². The Bertz CT molecular complexity index is 470. The van der Waals surface area contributed by atoms with Crippen LogP contribution in [0.1, 0.15) is 37.7 Å². The maximum Gasteiger partial charge on any atom is 0.0702 e. The van der Waals surface area contributed by atoms with Crippen LogP contribution in [0.25, 0.3) is 0 Å². The van der Waals surface area contributed by atoms with Gasteiger partial charge >= 0.3 is 0 Å². The van der Waals surface area contributed by atoms with Crippen LogP contribution in [-0.2, 0) is 4.74 Å². The monoisotopic (exact) mass is 241 g/mol. The Morgan fingerprint density at radius 3 is 3.00 bits per heavy atom. The molecule has 1 atom stereocenters. The van der Waals surface area contributed by atoms with Gasteiger partial charge in [0.05, 0.1) is 5.60 Å². The van der Waals surface area contributed by atoms with E-state index in [1.807, 2.05) is 18.2 Å².